The first kappa shape index (κ1) is 60.3. The van der Waals surface area contributed by atoms with Gasteiger partial charge in [-0.05, 0) is 90.5 Å². The topological polar surface area (TPSA) is 173 Å². The first-order valence-electron chi connectivity index (χ1n) is 30.0. The molecule has 0 spiro atoms. The Morgan fingerprint density at radius 3 is 0.979 bits per heavy atom. The lowest BCUT2D eigenvalue weighted by molar-refractivity contribution is -0.648. The molecule has 11 aromatic carbocycles. The molecule has 18 rings (SSSR count). The van der Waals surface area contributed by atoms with Crippen molar-refractivity contribution in [3.8, 4) is 136 Å². The van der Waals surface area contributed by atoms with E-state index in [0.717, 1.165) is 135 Å². The lowest BCUT2D eigenvalue weighted by Crippen LogP contribution is -2.35. The van der Waals surface area contributed by atoms with Gasteiger partial charge in [-0.1, -0.05) is 277 Å². The lowest BCUT2D eigenvalue weighted by atomic mass is 9.89. The minimum absolute atomic E-state index is 0. The van der Waals surface area contributed by atoms with Crippen molar-refractivity contribution in [3.05, 3.63) is 330 Å². The third kappa shape index (κ3) is 11.7. The summed E-state index contributed by atoms with van der Waals surface area (Å²) in [5, 5.41) is 39.3. The maximum atomic E-state index is 7.98. The largest absolute Gasteiger partial charge is 0.257 e. The molecule has 95 heavy (non-hydrogen) atoms. The fourth-order valence-corrected chi connectivity index (χ4v) is 11.7. The number of nitrogens with one attached hydrogen (secondary N) is 1. The molecule has 0 radical (unpaired) electrons. The number of hydrogen-bond donors (Lipinski definition) is 1. The Kier molecular flexibility index (Phi) is 17.3. The lowest BCUT2D eigenvalue weighted by Gasteiger charge is -2.18. The standard InChI is InChI=1S/2C28H18N6.C16H8.C6H5N3.2CH4/c1-3-11-19(12-4-1)33-27-23-17-9-7-15-21(23)26-28(34(32-30-26)20-13-5-2-6-14-20)24-18-10-8-16-22(24)25(27)29-31-33;1-3-11-19(12-4-1)33-27-23-17-9-10-18-24(23)28-26(30-32-34(28)20-13-5-2-6-14-20)22-16-8-7-15-21(22)25(27)29-31-33;1-2-6-14-11-12-16-8-4-3-7-15(16)10-9-13(14)5-1;7-9-8-6-4-2-1-3-5-6;;/h2*1-18H;1-8H;1-5H;2*1H4/p+1. The van der Waals surface area contributed by atoms with Crippen LogP contribution in [-0.4, -0.2) is 55.3 Å². The highest BCUT2D eigenvalue weighted by Crippen LogP contribution is 2.48. The molecule has 0 aliphatic heterocycles. The Morgan fingerprint density at radius 1 is 0.326 bits per heavy atom. The SMILES string of the molecule is C.C.C1#Cc2ccccc2C#Cc2ccccc21.[N-]=[N+]=Nc1ccccc1.c1ccc(-n2nnc3c2-c2ccccc2-c2c(nnn2-c2ccccc2)-c2ccccc2-3)cc1.c1ccc(-n2nnc3c2-c2ccccc2-c2n[nH][n+](-c4ccccc4)c2-c2ccccc2-3)cc1. The second-order valence-corrected chi connectivity index (χ2v) is 21.5. The van der Waals surface area contributed by atoms with Gasteiger partial charge >= 0.3 is 0 Å². The minimum Gasteiger partial charge on any atom is -0.212 e. The summed E-state index contributed by atoms with van der Waals surface area (Å²) < 4.78 is 7.81. The van der Waals surface area contributed by atoms with Gasteiger partial charge in [0, 0.05) is 82.5 Å². The van der Waals surface area contributed by atoms with Crippen LogP contribution in [-0.2, 0) is 0 Å². The number of benzene rings is 11. The van der Waals surface area contributed by atoms with Crippen LogP contribution in [0.1, 0.15) is 37.1 Å². The molecule has 0 atom stereocenters. The van der Waals surface area contributed by atoms with E-state index >= 15 is 0 Å². The number of azide groups is 1. The van der Waals surface area contributed by atoms with Crippen LogP contribution >= 0.6 is 0 Å². The zero-order valence-electron chi connectivity index (χ0n) is 49.6. The van der Waals surface area contributed by atoms with Crippen LogP contribution in [0.3, 0.4) is 0 Å². The maximum absolute atomic E-state index is 7.98. The number of aromatic amines is 1. The van der Waals surface area contributed by atoms with E-state index in [9.17, 15) is 0 Å². The van der Waals surface area contributed by atoms with Gasteiger partial charge < -0.3 is 0 Å². The third-order valence-electron chi connectivity index (χ3n) is 15.9. The first-order valence-corrected chi connectivity index (χ1v) is 30.0. The quantitative estimate of drug-likeness (QED) is 0.0587. The normalized spacial score (nSPS) is 10.8. The van der Waals surface area contributed by atoms with E-state index in [1.54, 1.807) is 12.1 Å². The van der Waals surface area contributed by atoms with Crippen LogP contribution in [0.4, 0.5) is 5.69 Å². The molecule has 4 heterocycles. The minimum atomic E-state index is 0. The number of nitrogens with zero attached hydrogens (tertiary/aromatic N) is 14. The summed E-state index contributed by atoms with van der Waals surface area (Å²) in [6, 6.07) is 98.8. The van der Waals surface area contributed by atoms with Crippen molar-refractivity contribution in [3.63, 3.8) is 0 Å². The summed E-state index contributed by atoms with van der Waals surface area (Å²) in [5.41, 5.74) is 31.9. The molecule has 0 fully saturated rings. The van der Waals surface area contributed by atoms with Gasteiger partial charge in [-0.3, -0.25) is 0 Å². The number of para-hydroxylation sites is 4. The highest BCUT2D eigenvalue weighted by molar-refractivity contribution is 6.00. The Morgan fingerprint density at radius 2 is 0.611 bits per heavy atom. The fraction of sp³-hybridized carbons (Fsp3) is 0.0250. The van der Waals surface area contributed by atoms with Crippen LogP contribution in [0.25, 0.3) is 123 Å². The van der Waals surface area contributed by atoms with Gasteiger partial charge in [0.15, 0.2) is 5.69 Å². The number of H-pyrrole nitrogens is 1. The van der Waals surface area contributed by atoms with Crippen molar-refractivity contribution in [2.75, 3.05) is 0 Å². The van der Waals surface area contributed by atoms with Crippen molar-refractivity contribution < 1.29 is 4.68 Å². The molecule has 0 amide bonds. The molecule has 0 saturated heterocycles. The van der Waals surface area contributed by atoms with E-state index < -0.39 is 0 Å². The van der Waals surface area contributed by atoms with Gasteiger partial charge in [0.05, 0.1) is 17.1 Å². The molecule has 0 bridgehead atoms. The predicted molar refractivity (Wildman–Crippen MR) is 375 cm³/mol. The van der Waals surface area contributed by atoms with Gasteiger partial charge in [-0.2, -0.15) is 0 Å². The monoisotopic (exact) mass is 1230 g/mol. The summed E-state index contributed by atoms with van der Waals surface area (Å²) >= 11 is 0. The van der Waals surface area contributed by atoms with E-state index in [2.05, 4.69) is 150 Å². The van der Waals surface area contributed by atoms with Crippen LogP contribution in [0.2, 0.25) is 0 Å². The van der Waals surface area contributed by atoms with Crippen molar-refractivity contribution >= 4 is 5.69 Å². The van der Waals surface area contributed by atoms with Crippen molar-refractivity contribution in [2.24, 2.45) is 5.11 Å². The Labute approximate surface area is 549 Å². The van der Waals surface area contributed by atoms with Gasteiger partial charge in [0.1, 0.15) is 34.2 Å². The number of rotatable bonds is 5. The summed E-state index contributed by atoms with van der Waals surface area (Å²) in [5.74, 6) is 12.7. The average molecular weight is 1230 g/mol. The molecule has 15 aromatic rings. The van der Waals surface area contributed by atoms with Gasteiger partial charge in [0.2, 0.25) is 5.69 Å². The molecule has 4 aromatic heterocycles. The summed E-state index contributed by atoms with van der Waals surface area (Å²) in [7, 11) is 0. The number of fused-ring (bicyclic) bond motifs is 18. The van der Waals surface area contributed by atoms with E-state index in [0.29, 0.717) is 5.69 Å². The average Bonchev–Trinajstić information content (AvgIpc) is 1.63. The number of hydrogen-bond acceptors (Lipinski definition) is 8. The van der Waals surface area contributed by atoms with Crippen LogP contribution < -0.4 is 4.68 Å². The Balaban J connectivity index is 0.000000126. The van der Waals surface area contributed by atoms with Crippen LogP contribution in [0.15, 0.2) is 302 Å². The van der Waals surface area contributed by atoms with Gasteiger partial charge in [-0.15, -0.1) is 20.0 Å². The molecule has 3 aliphatic rings. The zero-order chi connectivity index (χ0) is 62.3. The van der Waals surface area contributed by atoms with Crippen molar-refractivity contribution in [1.82, 2.24) is 55.3 Å². The molecule has 15 heteroatoms. The number of aromatic nitrogens is 12. The maximum Gasteiger partial charge on any atom is 0.257 e. The first-order chi connectivity index (χ1) is 46.2. The van der Waals surface area contributed by atoms with E-state index in [1.165, 1.54) is 0 Å². The summed E-state index contributed by atoms with van der Waals surface area (Å²) in [6.07, 6.45) is 0. The van der Waals surface area contributed by atoms with Gasteiger partial charge in [0.25, 0.3) is 5.69 Å². The van der Waals surface area contributed by atoms with E-state index in [-0.39, 0.29) is 14.9 Å². The molecular formula is C80H58N15+. The van der Waals surface area contributed by atoms with E-state index in [4.69, 9.17) is 15.7 Å². The molecule has 1 N–H and O–H groups in total. The fourth-order valence-electron chi connectivity index (χ4n) is 11.7. The molecule has 3 aliphatic carbocycles. The Hall–Kier alpha value is -13.6. The molecule has 15 nitrogen and oxygen atoms in total. The summed E-state index contributed by atoms with van der Waals surface area (Å²) in [6.45, 7) is 0. The zero-order valence-corrected chi connectivity index (χ0v) is 49.6. The third-order valence-corrected chi connectivity index (χ3v) is 15.9. The Bertz CT molecular complexity index is 5050. The van der Waals surface area contributed by atoms with Crippen LogP contribution in [0.5, 0.6) is 0 Å². The van der Waals surface area contributed by atoms with E-state index in [1.807, 2.05) is 219 Å². The molecular weight excluding hydrogens is 1170 g/mol. The second kappa shape index (κ2) is 27.3. The molecule has 0 unspecified atom stereocenters. The highest BCUT2D eigenvalue weighted by atomic mass is 15.5. The van der Waals surface area contributed by atoms with Crippen LogP contribution in [0, 0.1) is 23.7 Å². The predicted octanol–water partition coefficient (Wildman–Crippen LogP) is 17.8. The van der Waals surface area contributed by atoms with Crippen molar-refractivity contribution in [2.45, 2.75) is 14.9 Å². The van der Waals surface area contributed by atoms with Crippen molar-refractivity contribution in [1.29, 1.82) is 0 Å². The molecule has 0 saturated carbocycles. The van der Waals surface area contributed by atoms with Gasteiger partial charge in [-0.25, -0.2) is 14.0 Å². The second-order valence-electron chi connectivity index (χ2n) is 21.5. The smallest absolute Gasteiger partial charge is 0.212 e. The molecule has 452 valence electrons. The highest BCUT2D eigenvalue weighted by Gasteiger charge is 2.36. The summed E-state index contributed by atoms with van der Waals surface area (Å²) in [4.78, 5) is 2.63.